The molecule has 0 radical (unpaired) electrons. The highest BCUT2D eigenvalue weighted by atomic mass is 16.5. The number of hydrogen-bond donors (Lipinski definition) is 2. The Morgan fingerprint density at radius 1 is 0.909 bits per heavy atom. The first kappa shape index (κ1) is 24.6. The third-order valence-electron chi connectivity index (χ3n) is 6.05. The lowest BCUT2D eigenvalue weighted by atomic mass is 9.97. The lowest BCUT2D eigenvalue weighted by Gasteiger charge is -2.22. The van der Waals surface area contributed by atoms with E-state index in [1.165, 1.54) is 16.7 Å². The smallest absolute Gasteiger partial charge is 0.130 e. The van der Waals surface area contributed by atoms with E-state index in [4.69, 9.17) is 14.2 Å². The lowest BCUT2D eigenvalue weighted by molar-refractivity contribution is 0.209. The molecule has 0 bridgehead atoms. The zero-order chi connectivity index (χ0) is 23.8. The molecule has 0 aliphatic heterocycles. The van der Waals surface area contributed by atoms with E-state index in [0.717, 1.165) is 11.1 Å². The summed E-state index contributed by atoms with van der Waals surface area (Å²) in [7, 11) is 3.28. The minimum absolute atomic E-state index is 0.00444. The molecule has 0 aliphatic carbocycles. The van der Waals surface area contributed by atoms with Crippen LogP contribution in [-0.2, 0) is 13.2 Å². The number of benzene rings is 3. The molecule has 0 amide bonds. The second-order valence-corrected chi connectivity index (χ2v) is 8.46. The van der Waals surface area contributed by atoms with Crippen molar-refractivity contribution < 1.29 is 19.3 Å². The second-order valence-electron chi connectivity index (χ2n) is 8.46. The summed E-state index contributed by atoms with van der Waals surface area (Å²) in [5.41, 5.74) is 5.63. The molecule has 2 N–H and O–H groups in total. The zero-order valence-electron chi connectivity index (χ0n) is 20.2. The monoisotopic (exact) mass is 449 g/mol. The van der Waals surface area contributed by atoms with Gasteiger partial charge in [-0.1, -0.05) is 62.4 Å². The van der Waals surface area contributed by atoms with E-state index < -0.39 is 0 Å². The predicted molar refractivity (Wildman–Crippen MR) is 133 cm³/mol. The van der Waals surface area contributed by atoms with Crippen LogP contribution in [0.1, 0.15) is 30.5 Å². The van der Waals surface area contributed by atoms with Crippen molar-refractivity contribution in [2.75, 3.05) is 20.8 Å². The van der Waals surface area contributed by atoms with Gasteiger partial charge in [0.1, 0.15) is 23.9 Å². The number of methoxy groups -OCH3 is 2. The Balaban J connectivity index is 1.79. The summed E-state index contributed by atoms with van der Waals surface area (Å²) in [5, 5.41) is 13.0. The molecule has 3 aromatic rings. The van der Waals surface area contributed by atoms with Crippen molar-refractivity contribution in [1.82, 2.24) is 5.32 Å². The number of aliphatic hydroxyl groups is 1. The Morgan fingerprint density at radius 3 is 2.15 bits per heavy atom. The molecule has 0 saturated carbocycles. The van der Waals surface area contributed by atoms with Gasteiger partial charge in [0, 0.05) is 24.7 Å². The van der Waals surface area contributed by atoms with Crippen LogP contribution in [0.2, 0.25) is 0 Å². The normalized spacial score (nSPS) is 12.0. The molecule has 0 saturated heterocycles. The third kappa shape index (κ3) is 6.06. The average Bonchev–Trinajstić information content (AvgIpc) is 2.84. The summed E-state index contributed by atoms with van der Waals surface area (Å²) in [5.74, 6) is 2.36. The molecular weight excluding hydrogens is 414 g/mol. The molecule has 5 nitrogen and oxygen atoms in total. The van der Waals surface area contributed by atoms with Crippen LogP contribution in [0.15, 0.2) is 60.7 Å². The van der Waals surface area contributed by atoms with Crippen LogP contribution >= 0.6 is 0 Å². The Morgan fingerprint density at radius 2 is 1.58 bits per heavy atom. The molecule has 0 spiro atoms. The van der Waals surface area contributed by atoms with Crippen molar-refractivity contribution in [3.05, 3.63) is 77.4 Å². The van der Waals surface area contributed by atoms with Crippen LogP contribution in [-0.4, -0.2) is 32.0 Å². The van der Waals surface area contributed by atoms with Gasteiger partial charge in [-0.3, -0.25) is 0 Å². The summed E-state index contributed by atoms with van der Waals surface area (Å²) in [4.78, 5) is 0. The van der Waals surface area contributed by atoms with E-state index in [0.29, 0.717) is 36.3 Å². The maximum atomic E-state index is 9.62. The Hall–Kier alpha value is -3.02. The maximum Gasteiger partial charge on any atom is 0.130 e. The number of nitrogens with one attached hydrogen (secondary N) is 1. The molecule has 1 unspecified atom stereocenters. The van der Waals surface area contributed by atoms with Gasteiger partial charge in [0.25, 0.3) is 0 Å². The van der Waals surface area contributed by atoms with Crippen molar-refractivity contribution >= 4 is 0 Å². The van der Waals surface area contributed by atoms with Gasteiger partial charge >= 0.3 is 0 Å². The van der Waals surface area contributed by atoms with Gasteiger partial charge in [0.15, 0.2) is 0 Å². The molecular formula is C28H35NO4. The molecule has 3 aromatic carbocycles. The quantitative estimate of drug-likeness (QED) is 0.412. The summed E-state index contributed by atoms with van der Waals surface area (Å²) < 4.78 is 17.5. The van der Waals surface area contributed by atoms with E-state index in [9.17, 15) is 5.11 Å². The molecule has 3 rings (SSSR count). The molecule has 0 heterocycles. The maximum absolute atomic E-state index is 9.62. The molecule has 33 heavy (non-hydrogen) atoms. The highest BCUT2D eigenvalue weighted by molar-refractivity contribution is 5.68. The molecule has 5 heteroatoms. The van der Waals surface area contributed by atoms with Crippen LogP contribution in [0, 0.1) is 12.8 Å². The first-order chi connectivity index (χ1) is 16.0. The van der Waals surface area contributed by atoms with Crippen LogP contribution in [0.4, 0.5) is 0 Å². The highest BCUT2D eigenvalue weighted by Gasteiger charge is 2.17. The fourth-order valence-corrected chi connectivity index (χ4v) is 3.89. The van der Waals surface area contributed by atoms with E-state index in [1.54, 1.807) is 14.2 Å². The first-order valence-corrected chi connectivity index (χ1v) is 11.3. The molecule has 176 valence electrons. The molecule has 0 aromatic heterocycles. The minimum Gasteiger partial charge on any atom is -0.496 e. The van der Waals surface area contributed by atoms with Gasteiger partial charge in [-0.05, 0) is 35.1 Å². The zero-order valence-corrected chi connectivity index (χ0v) is 20.2. The van der Waals surface area contributed by atoms with Crippen molar-refractivity contribution in [3.63, 3.8) is 0 Å². The standard InChI is InChI=1S/C28H35NO4/c1-19(2)26(17-30)29-16-25-27(31-4)14-23(15-28(25)32-5)33-18-22-12-9-13-24(20(22)3)21-10-7-6-8-11-21/h6-15,19,26,29-30H,16-18H2,1-5H3. The van der Waals surface area contributed by atoms with Crippen LogP contribution < -0.4 is 19.5 Å². The Labute approximate surface area is 197 Å². The number of aliphatic hydroxyl groups excluding tert-OH is 1. The largest absolute Gasteiger partial charge is 0.496 e. The van der Waals surface area contributed by atoms with Gasteiger partial charge in [-0.15, -0.1) is 0 Å². The first-order valence-electron chi connectivity index (χ1n) is 11.3. The minimum atomic E-state index is -0.00444. The van der Waals surface area contributed by atoms with E-state index >= 15 is 0 Å². The van der Waals surface area contributed by atoms with Gasteiger partial charge < -0.3 is 24.6 Å². The second kappa shape index (κ2) is 11.7. The average molecular weight is 450 g/mol. The third-order valence-corrected chi connectivity index (χ3v) is 6.05. The fourth-order valence-electron chi connectivity index (χ4n) is 3.89. The lowest BCUT2D eigenvalue weighted by Crippen LogP contribution is -2.36. The van der Waals surface area contributed by atoms with Crippen molar-refractivity contribution in [1.29, 1.82) is 0 Å². The molecule has 1 atom stereocenters. The van der Waals surface area contributed by atoms with Gasteiger partial charge in [-0.2, -0.15) is 0 Å². The number of ether oxygens (including phenoxy) is 3. The van der Waals surface area contributed by atoms with Crippen molar-refractivity contribution in [2.45, 2.75) is 40.0 Å². The Kier molecular flexibility index (Phi) is 8.75. The summed E-state index contributed by atoms with van der Waals surface area (Å²) in [6.45, 7) is 7.32. The van der Waals surface area contributed by atoms with Gasteiger partial charge in [0.2, 0.25) is 0 Å². The van der Waals surface area contributed by atoms with Crippen molar-refractivity contribution in [3.8, 4) is 28.4 Å². The topological polar surface area (TPSA) is 60.0 Å². The van der Waals surface area contributed by atoms with Crippen LogP contribution in [0.5, 0.6) is 17.2 Å². The Bertz CT molecular complexity index is 1010. The number of hydrogen-bond acceptors (Lipinski definition) is 5. The van der Waals surface area contributed by atoms with E-state index in [-0.39, 0.29) is 12.6 Å². The van der Waals surface area contributed by atoms with Crippen LogP contribution in [0.25, 0.3) is 11.1 Å². The summed E-state index contributed by atoms with van der Waals surface area (Å²) in [6.07, 6.45) is 0. The SMILES string of the molecule is COc1cc(OCc2cccc(-c3ccccc3)c2C)cc(OC)c1CNC(CO)C(C)C. The number of rotatable bonds is 11. The van der Waals surface area contributed by atoms with E-state index in [1.807, 2.05) is 18.2 Å². The van der Waals surface area contributed by atoms with E-state index in [2.05, 4.69) is 68.6 Å². The fraction of sp³-hybridized carbons (Fsp3) is 0.357. The highest BCUT2D eigenvalue weighted by Crippen LogP contribution is 2.35. The summed E-state index contributed by atoms with van der Waals surface area (Å²) >= 11 is 0. The van der Waals surface area contributed by atoms with Gasteiger partial charge in [-0.25, -0.2) is 0 Å². The summed E-state index contributed by atoms with van der Waals surface area (Å²) in [6, 6.07) is 20.4. The van der Waals surface area contributed by atoms with Crippen LogP contribution in [0.3, 0.4) is 0 Å². The molecule has 0 fully saturated rings. The van der Waals surface area contributed by atoms with Gasteiger partial charge in [0.05, 0.1) is 26.4 Å². The van der Waals surface area contributed by atoms with Crippen molar-refractivity contribution in [2.24, 2.45) is 5.92 Å². The molecule has 0 aliphatic rings. The predicted octanol–water partition coefficient (Wildman–Crippen LogP) is 5.36.